The molecule has 1 saturated carbocycles. The largest absolute Gasteiger partial charge is 0.385 e. The summed E-state index contributed by atoms with van der Waals surface area (Å²) in [5.74, 6) is 1.85. The van der Waals surface area contributed by atoms with Gasteiger partial charge in [0, 0.05) is 12.2 Å². The van der Waals surface area contributed by atoms with E-state index in [0.29, 0.717) is 0 Å². The fourth-order valence-electron chi connectivity index (χ4n) is 2.65. The molecule has 0 radical (unpaired) electrons. The number of hydrogen-bond acceptors (Lipinski definition) is 1. The van der Waals surface area contributed by atoms with Crippen LogP contribution in [0.15, 0.2) is 18.2 Å². The number of benzene rings is 1. The molecule has 3 rings (SSSR count). The smallest absolute Gasteiger partial charge is 0.0378 e. The minimum Gasteiger partial charge on any atom is -0.385 e. The van der Waals surface area contributed by atoms with Crippen molar-refractivity contribution in [1.82, 2.24) is 0 Å². The van der Waals surface area contributed by atoms with E-state index < -0.39 is 0 Å². The standard InChI is InChI=1S/C13H17N/c1-9-2-5-12-11(10-3-4-10)6-7-14-13(12)8-9/h2,5,8,10-11,14H,3-4,6-7H2,1H3. The van der Waals surface area contributed by atoms with Gasteiger partial charge >= 0.3 is 0 Å². The molecule has 1 unspecified atom stereocenters. The molecule has 1 heteroatoms. The predicted molar refractivity (Wildman–Crippen MR) is 59.8 cm³/mol. The van der Waals surface area contributed by atoms with Crippen molar-refractivity contribution in [2.24, 2.45) is 5.92 Å². The fraction of sp³-hybridized carbons (Fsp3) is 0.538. The van der Waals surface area contributed by atoms with Gasteiger partial charge in [0.1, 0.15) is 0 Å². The summed E-state index contributed by atoms with van der Waals surface area (Å²) < 4.78 is 0. The number of rotatable bonds is 1. The Morgan fingerprint density at radius 2 is 2.07 bits per heavy atom. The third kappa shape index (κ3) is 1.31. The van der Waals surface area contributed by atoms with E-state index in [4.69, 9.17) is 0 Å². The number of aryl methyl sites for hydroxylation is 1. The first-order chi connectivity index (χ1) is 6.84. The summed E-state index contributed by atoms with van der Waals surface area (Å²) in [6.07, 6.45) is 4.25. The van der Waals surface area contributed by atoms with Gasteiger partial charge in [-0.1, -0.05) is 12.1 Å². The molecule has 1 aromatic rings. The van der Waals surface area contributed by atoms with Crippen LogP contribution in [0.4, 0.5) is 5.69 Å². The second-order valence-corrected chi connectivity index (χ2v) is 4.75. The molecule has 0 spiro atoms. The van der Waals surface area contributed by atoms with E-state index in [0.717, 1.165) is 18.4 Å². The van der Waals surface area contributed by atoms with Crippen LogP contribution < -0.4 is 5.32 Å². The van der Waals surface area contributed by atoms with Crippen molar-refractivity contribution in [3.63, 3.8) is 0 Å². The van der Waals surface area contributed by atoms with Crippen LogP contribution in [0.3, 0.4) is 0 Å². The van der Waals surface area contributed by atoms with Crippen LogP contribution in [0.2, 0.25) is 0 Å². The second kappa shape index (κ2) is 3.01. The highest BCUT2D eigenvalue weighted by molar-refractivity contribution is 5.56. The van der Waals surface area contributed by atoms with Crippen molar-refractivity contribution < 1.29 is 0 Å². The Morgan fingerprint density at radius 3 is 2.86 bits per heavy atom. The number of fused-ring (bicyclic) bond motifs is 1. The SMILES string of the molecule is Cc1ccc2c(c1)NCCC2C1CC1. The summed E-state index contributed by atoms with van der Waals surface area (Å²) in [7, 11) is 0. The van der Waals surface area contributed by atoms with Gasteiger partial charge in [-0.2, -0.15) is 0 Å². The summed E-state index contributed by atoms with van der Waals surface area (Å²) >= 11 is 0. The molecule has 1 aliphatic heterocycles. The molecule has 0 saturated heterocycles. The first kappa shape index (κ1) is 8.34. The van der Waals surface area contributed by atoms with Gasteiger partial charge in [0.15, 0.2) is 0 Å². The van der Waals surface area contributed by atoms with Gasteiger partial charge in [0.2, 0.25) is 0 Å². The molecule has 1 aliphatic carbocycles. The zero-order valence-electron chi connectivity index (χ0n) is 8.72. The minimum atomic E-state index is 0.854. The van der Waals surface area contributed by atoms with E-state index in [2.05, 4.69) is 30.4 Å². The summed E-state index contributed by atoms with van der Waals surface area (Å²) in [6, 6.07) is 6.88. The van der Waals surface area contributed by atoms with Crippen LogP contribution in [-0.2, 0) is 0 Å². The van der Waals surface area contributed by atoms with Gasteiger partial charge in [-0.3, -0.25) is 0 Å². The van der Waals surface area contributed by atoms with Gasteiger partial charge < -0.3 is 5.32 Å². The summed E-state index contributed by atoms with van der Waals surface area (Å²) in [5.41, 5.74) is 4.34. The first-order valence-electron chi connectivity index (χ1n) is 5.69. The maximum atomic E-state index is 3.52. The molecule has 1 aromatic carbocycles. The van der Waals surface area contributed by atoms with Crippen LogP contribution in [-0.4, -0.2) is 6.54 Å². The van der Waals surface area contributed by atoms with Crippen LogP contribution >= 0.6 is 0 Å². The monoisotopic (exact) mass is 187 g/mol. The zero-order chi connectivity index (χ0) is 9.54. The molecule has 1 heterocycles. The summed E-state index contributed by atoms with van der Waals surface area (Å²) in [5, 5.41) is 3.52. The molecule has 2 aliphatic rings. The molecule has 1 fully saturated rings. The molecule has 1 atom stereocenters. The van der Waals surface area contributed by atoms with Crippen molar-refractivity contribution >= 4 is 5.69 Å². The molecule has 1 nitrogen and oxygen atoms in total. The van der Waals surface area contributed by atoms with Gasteiger partial charge in [0.25, 0.3) is 0 Å². The quantitative estimate of drug-likeness (QED) is 0.711. The predicted octanol–water partition coefficient (Wildman–Crippen LogP) is 3.30. The zero-order valence-corrected chi connectivity index (χ0v) is 8.72. The van der Waals surface area contributed by atoms with E-state index in [9.17, 15) is 0 Å². The first-order valence-corrected chi connectivity index (χ1v) is 5.69. The lowest BCUT2D eigenvalue weighted by atomic mass is 9.86. The Morgan fingerprint density at radius 1 is 1.21 bits per heavy atom. The van der Waals surface area contributed by atoms with E-state index in [1.54, 1.807) is 5.56 Å². The Kier molecular flexibility index (Phi) is 1.79. The molecule has 14 heavy (non-hydrogen) atoms. The highest BCUT2D eigenvalue weighted by Gasteiger charge is 2.34. The normalized spacial score (nSPS) is 25.4. The van der Waals surface area contributed by atoms with E-state index in [-0.39, 0.29) is 0 Å². The van der Waals surface area contributed by atoms with Crippen molar-refractivity contribution in [2.75, 3.05) is 11.9 Å². The highest BCUT2D eigenvalue weighted by atomic mass is 14.9. The minimum absolute atomic E-state index is 0.854. The molecule has 1 N–H and O–H groups in total. The third-order valence-corrected chi connectivity index (χ3v) is 3.57. The maximum absolute atomic E-state index is 3.52. The number of anilines is 1. The number of hydrogen-bond donors (Lipinski definition) is 1. The van der Waals surface area contributed by atoms with Gasteiger partial charge in [-0.25, -0.2) is 0 Å². The van der Waals surface area contributed by atoms with Crippen molar-refractivity contribution in [3.8, 4) is 0 Å². The van der Waals surface area contributed by atoms with E-state index in [1.807, 2.05) is 0 Å². The van der Waals surface area contributed by atoms with Crippen LogP contribution in [0.25, 0.3) is 0 Å². The van der Waals surface area contributed by atoms with Gasteiger partial charge in [0.05, 0.1) is 0 Å². The van der Waals surface area contributed by atoms with Gasteiger partial charge in [-0.05, 0) is 55.2 Å². The lowest BCUT2D eigenvalue weighted by Crippen LogP contribution is -2.18. The molecule has 0 amide bonds. The van der Waals surface area contributed by atoms with Crippen molar-refractivity contribution in [1.29, 1.82) is 0 Å². The van der Waals surface area contributed by atoms with Crippen molar-refractivity contribution in [2.45, 2.75) is 32.1 Å². The van der Waals surface area contributed by atoms with Crippen molar-refractivity contribution in [3.05, 3.63) is 29.3 Å². The molecule has 0 aromatic heterocycles. The van der Waals surface area contributed by atoms with E-state index in [1.165, 1.54) is 30.5 Å². The Bertz CT molecular complexity index is 352. The Hall–Kier alpha value is -0.980. The van der Waals surface area contributed by atoms with Crippen LogP contribution in [0, 0.1) is 12.8 Å². The fourth-order valence-corrected chi connectivity index (χ4v) is 2.65. The third-order valence-electron chi connectivity index (χ3n) is 3.57. The van der Waals surface area contributed by atoms with Crippen LogP contribution in [0.5, 0.6) is 0 Å². The lowest BCUT2D eigenvalue weighted by molar-refractivity contribution is 0.560. The van der Waals surface area contributed by atoms with E-state index >= 15 is 0 Å². The Balaban J connectivity index is 2.01. The number of nitrogens with one attached hydrogen (secondary N) is 1. The highest BCUT2D eigenvalue weighted by Crippen LogP contribution is 2.48. The Labute approximate surface area is 85.5 Å². The molecular weight excluding hydrogens is 170 g/mol. The second-order valence-electron chi connectivity index (χ2n) is 4.75. The maximum Gasteiger partial charge on any atom is 0.0378 e. The molecule has 74 valence electrons. The average molecular weight is 187 g/mol. The summed E-state index contributed by atoms with van der Waals surface area (Å²) in [6.45, 7) is 3.33. The van der Waals surface area contributed by atoms with Gasteiger partial charge in [-0.15, -0.1) is 0 Å². The summed E-state index contributed by atoms with van der Waals surface area (Å²) in [4.78, 5) is 0. The topological polar surface area (TPSA) is 12.0 Å². The average Bonchev–Trinajstić information content (AvgIpc) is 2.99. The van der Waals surface area contributed by atoms with Crippen LogP contribution in [0.1, 0.15) is 36.3 Å². The molecule has 0 bridgehead atoms. The molecular formula is C13H17N. The lowest BCUT2D eigenvalue weighted by Gasteiger charge is -2.27.